The first-order valence-electron chi connectivity index (χ1n) is 9.25. The van der Waals surface area contributed by atoms with E-state index in [1.54, 1.807) is 24.5 Å². The number of halogens is 3. The van der Waals surface area contributed by atoms with Crippen molar-refractivity contribution in [2.75, 3.05) is 26.3 Å². The van der Waals surface area contributed by atoms with E-state index < -0.39 is 5.82 Å². The average molecular weight is 455 g/mol. The SMILES string of the molecule is Cl.O=c1[nH]cc(-c2cccnc2OC[C@@H]2CNCCO[C@H]2c2ccc(Cl)c(F)c2)[nH]1. The van der Waals surface area contributed by atoms with Gasteiger partial charge in [-0.1, -0.05) is 17.7 Å². The van der Waals surface area contributed by atoms with E-state index in [1.807, 2.05) is 6.07 Å². The summed E-state index contributed by atoms with van der Waals surface area (Å²) >= 11 is 5.82. The molecule has 2 atom stereocenters. The highest BCUT2D eigenvalue weighted by molar-refractivity contribution is 6.30. The van der Waals surface area contributed by atoms with Gasteiger partial charge in [0.2, 0.25) is 5.88 Å². The van der Waals surface area contributed by atoms with Crippen LogP contribution in [-0.4, -0.2) is 41.3 Å². The molecule has 3 N–H and O–H groups in total. The monoisotopic (exact) mass is 454 g/mol. The van der Waals surface area contributed by atoms with Crippen molar-refractivity contribution in [1.29, 1.82) is 0 Å². The molecular formula is C20H21Cl2FN4O3. The summed E-state index contributed by atoms with van der Waals surface area (Å²) in [5.41, 5.74) is 1.66. The molecule has 3 heterocycles. The van der Waals surface area contributed by atoms with Crippen molar-refractivity contribution in [3.05, 3.63) is 69.6 Å². The van der Waals surface area contributed by atoms with Crippen LogP contribution in [0, 0.1) is 11.7 Å². The van der Waals surface area contributed by atoms with Crippen LogP contribution in [0.3, 0.4) is 0 Å². The molecule has 0 unspecified atom stereocenters. The molecule has 1 aromatic carbocycles. The molecular weight excluding hydrogens is 434 g/mol. The molecule has 7 nitrogen and oxygen atoms in total. The number of H-pyrrole nitrogens is 2. The van der Waals surface area contributed by atoms with Gasteiger partial charge in [0.25, 0.3) is 0 Å². The number of hydrogen-bond acceptors (Lipinski definition) is 5. The summed E-state index contributed by atoms with van der Waals surface area (Å²) in [5, 5.41) is 3.39. The Hall–Kier alpha value is -2.39. The molecule has 160 valence electrons. The summed E-state index contributed by atoms with van der Waals surface area (Å²) in [7, 11) is 0. The van der Waals surface area contributed by atoms with E-state index in [4.69, 9.17) is 21.1 Å². The minimum absolute atomic E-state index is 0. The van der Waals surface area contributed by atoms with E-state index in [9.17, 15) is 9.18 Å². The van der Waals surface area contributed by atoms with E-state index in [0.29, 0.717) is 49.0 Å². The normalized spacial score (nSPS) is 19.0. The van der Waals surface area contributed by atoms with Crippen LogP contribution in [0.5, 0.6) is 5.88 Å². The maximum absolute atomic E-state index is 14.0. The molecule has 0 aliphatic carbocycles. The van der Waals surface area contributed by atoms with Gasteiger partial charge in [-0.2, -0.15) is 0 Å². The molecule has 0 bridgehead atoms. The molecule has 0 radical (unpaired) electrons. The Kier molecular flexibility index (Phi) is 7.49. The van der Waals surface area contributed by atoms with Crippen LogP contribution in [0.2, 0.25) is 5.02 Å². The molecule has 0 saturated carbocycles. The smallest absolute Gasteiger partial charge is 0.323 e. The van der Waals surface area contributed by atoms with Crippen molar-refractivity contribution in [3.63, 3.8) is 0 Å². The number of aromatic amines is 2. The van der Waals surface area contributed by atoms with Crippen LogP contribution < -0.4 is 15.7 Å². The third-order valence-electron chi connectivity index (χ3n) is 4.77. The molecule has 3 aromatic rings. The number of rotatable bonds is 5. The molecule has 30 heavy (non-hydrogen) atoms. The quantitative estimate of drug-likeness (QED) is 0.549. The second-order valence-electron chi connectivity index (χ2n) is 6.75. The molecule has 0 amide bonds. The summed E-state index contributed by atoms with van der Waals surface area (Å²) in [6.45, 7) is 2.13. The van der Waals surface area contributed by atoms with E-state index in [1.165, 1.54) is 12.1 Å². The van der Waals surface area contributed by atoms with Crippen LogP contribution in [-0.2, 0) is 4.74 Å². The largest absolute Gasteiger partial charge is 0.477 e. The lowest BCUT2D eigenvalue weighted by atomic mass is 9.96. The lowest BCUT2D eigenvalue weighted by molar-refractivity contribution is 0.0146. The second kappa shape index (κ2) is 10.1. The second-order valence-corrected chi connectivity index (χ2v) is 7.16. The predicted octanol–water partition coefficient (Wildman–Crippen LogP) is 3.34. The van der Waals surface area contributed by atoms with E-state index in [2.05, 4.69) is 20.3 Å². The van der Waals surface area contributed by atoms with Crippen LogP contribution in [0.25, 0.3) is 11.3 Å². The van der Waals surface area contributed by atoms with Crippen LogP contribution >= 0.6 is 24.0 Å². The van der Waals surface area contributed by atoms with Crippen LogP contribution in [0.1, 0.15) is 11.7 Å². The minimum atomic E-state index is -0.479. The minimum Gasteiger partial charge on any atom is -0.477 e. The maximum atomic E-state index is 14.0. The van der Waals surface area contributed by atoms with Gasteiger partial charge in [-0.25, -0.2) is 14.2 Å². The topological polar surface area (TPSA) is 92.0 Å². The zero-order valence-electron chi connectivity index (χ0n) is 15.9. The van der Waals surface area contributed by atoms with Gasteiger partial charge >= 0.3 is 5.69 Å². The number of benzene rings is 1. The molecule has 1 aliphatic heterocycles. The fourth-order valence-corrected chi connectivity index (χ4v) is 3.48. The Bertz CT molecular complexity index is 1040. The average Bonchev–Trinajstić information content (AvgIpc) is 3.02. The molecule has 1 saturated heterocycles. The standard InChI is InChI=1S/C20H20ClFN4O3.ClH/c21-15-4-3-12(8-16(15)22)18-13(9-23-6-7-28-18)11-29-19-14(2-1-5-24-19)17-10-25-20(27)26-17;/h1-5,8,10,13,18,23H,6-7,9,11H2,(H2,25,26,27);1H/t13-,18-;/m0./s1. The summed E-state index contributed by atoms with van der Waals surface area (Å²) < 4.78 is 26.0. The summed E-state index contributed by atoms with van der Waals surface area (Å²) in [6.07, 6.45) is 2.84. The van der Waals surface area contributed by atoms with Gasteiger partial charge in [0.15, 0.2) is 0 Å². The van der Waals surface area contributed by atoms with Crippen LogP contribution in [0.4, 0.5) is 4.39 Å². The third kappa shape index (κ3) is 5.02. The zero-order valence-corrected chi connectivity index (χ0v) is 17.4. The third-order valence-corrected chi connectivity index (χ3v) is 5.08. The number of ether oxygens (including phenoxy) is 2. The van der Waals surface area contributed by atoms with E-state index in [0.717, 1.165) is 0 Å². The van der Waals surface area contributed by atoms with Gasteiger partial charge in [-0.3, -0.25) is 0 Å². The van der Waals surface area contributed by atoms with Crippen LogP contribution in [0.15, 0.2) is 47.5 Å². The van der Waals surface area contributed by atoms with Crippen molar-refractivity contribution in [2.45, 2.75) is 6.10 Å². The predicted molar refractivity (Wildman–Crippen MR) is 114 cm³/mol. The first-order chi connectivity index (χ1) is 14.1. The number of aromatic nitrogens is 3. The summed E-state index contributed by atoms with van der Waals surface area (Å²) in [4.78, 5) is 21.0. The molecule has 1 fully saturated rings. The van der Waals surface area contributed by atoms with Crippen molar-refractivity contribution in [2.24, 2.45) is 5.92 Å². The zero-order chi connectivity index (χ0) is 20.2. The van der Waals surface area contributed by atoms with E-state index in [-0.39, 0.29) is 35.1 Å². The lowest BCUT2D eigenvalue weighted by Crippen LogP contribution is -2.29. The Morgan fingerprint density at radius 1 is 1.33 bits per heavy atom. The highest BCUT2D eigenvalue weighted by atomic mass is 35.5. The first kappa shape index (κ1) is 22.3. The molecule has 4 rings (SSSR count). The Morgan fingerprint density at radius 2 is 2.20 bits per heavy atom. The van der Waals surface area contributed by atoms with Crippen molar-refractivity contribution in [3.8, 4) is 17.1 Å². The first-order valence-corrected chi connectivity index (χ1v) is 9.63. The van der Waals surface area contributed by atoms with Gasteiger partial charge in [0.05, 0.1) is 35.6 Å². The lowest BCUT2D eigenvalue weighted by Gasteiger charge is -2.25. The Morgan fingerprint density at radius 3 is 2.97 bits per heavy atom. The fourth-order valence-electron chi connectivity index (χ4n) is 3.37. The Labute approximate surface area is 183 Å². The highest BCUT2D eigenvalue weighted by Gasteiger charge is 2.28. The van der Waals surface area contributed by atoms with Crippen molar-refractivity contribution in [1.82, 2.24) is 20.3 Å². The number of nitrogens with zero attached hydrogens (tertiary/aromatic N) is 1. The van der Waals surface area contributed by atoms with Crippen molar-refractivity contribution < 1.29 is 13.9 Å². The Balaban J connectivity index is 0.00000256. The van der Waals surface area contributed by atoms with Gasteiger partial charge in [0, 0.05) is 31.4 Å². The summed E-state index contributed by atoms with van der Waals surface area (Å²) in [5.74, 6) is -0.167. The number of imidazole rings is 1. The molecule has 0 spiro atoms. The van der Waals surface area contributed by atoms with E-state index >= 15 is 0 Å². The summed E-state index contributed by atoms with van der Waals surface area (Å²) in [6, 6.07) is 8.29. The molecule has 1 aliphatic rings. The van der Waals surface area contributed by atoms with Gasteiger partial charge < -0.3 is 24.8 Å². The fraction of sp³-hybridized carbons (Fsp3) is 0.300. The number of hydrogen-bond donors (Lipinski definition) is 3. The van der Waals surface area contributed by atoms with Gasteiger partial charge in [-0.15, -0.1) is 12.4 Å². The van der Waals surface area contributed by atoms with Gasteiger partial charge in [0.1, 0.15) is 5.82 Å². The van der Waals surface area contributed by atoms with Gasteiger partial charge in [-0.05, 0) is 29.8 Å². The van der Waals surface area contributed by atoms with Crippen molar-refractivity contribution >= 4 is 24.0 Å². The highest BCUT2D eigenvalue weighted by Crippen LogP contribution is 2.31. The molecule has 10 heteroatoms. The molecule has 2 aromatic heterocycles. The number of nitrogens with one attached hydrogen (secondary N) is 3. The number of pyridine rings is 1. The maximum Gasteiger partial charge on any atom is 0.323 e.